The SMILES string of the molecule is CC1(C)CCc2sc(CC(=O)NCc3ccco3)nc21. The third-order valence-electron chi connectivity index (χ3n) is 3.71. The molecule has 0 spiro atoms. The van der Waals surface area contributed by atoms with Crippen LogP contribution < -0.4 is 5.32 Å². The van der Waals surface area contributed by atoms with Gasteiger partial charge in [0.25, 0.3) is 0 Å². The van der Waals surface area contributed by atoms with E-state index >= 15 is 0 Å². The lowest BCUT2D eigenvalue weighted by Crippen LogP contribution is -2.24. The number of carbonyl (C=O) groups is 1. The normalized spacial score (nSPS) is 16.1. The number of hydrogen-bond donors (Lipinski definition) is 1. The summed E-state index contributed by atoms with van der Waals surface area (Å²) in [5.41, 5.74) is 1.35. The second kappa shape index (κ2) is 5.05. The number of fused-ring (bicyclic) bond motifs is 1. The highest BCUT2D eigenvalue weighted by Crippen LogP contribution is 2.40. The average Bonchev–Trinajstić information content (AvgIpc) is 3.07. The van der Waals surface area contributed by atoms with Crippen LogP contribution in [0.5, 0.6) is 0 Å². The van der Waals surface area contributed by atoms with Crippen molar-refractivity contribution in [3.8, 4) is 0 Å². The van der Waals surface area contributed by atoms with Crippen LogP contribution in [-0.2, 0) is 29.6 Å². The summed E-state index contributed by atoms with van der Waals surface area (Å²) in [5, 5.41) is 3.77. The van der Waals surface area contributed by atoms with E-state index in [1.54, 1.807) is 17.6 Å². The molecule has 1 aliphatic rings. The zero-order chi connectivity index (χ0) is 14.2. The maximum atomic E-state index is 11.9. The molecule has 0 radical (unpaired) electrons. The van der Waals surface area contributed by atoms with Gasteiger partial charge >= 0.3 is 0 Å². The first-order valence-corrected chi connectivity index (χ1v) is 7.64. The predicted molar refractivity (Wildman–Crippen MR) is 77.7 cm³/mol. The molecule has 3 rings (SSSR count). The Bertz CT molecular complexity index is 614. The summed E-state index contributed by atoms with van der Waals surface area (Å²) in [6, 6.07) is 3.66. The minimum absolute atomic E-state index is 0.00775. The van der Waals surface area contributed by atoms with Crippen LogP contribution in [0.4, 0.5) is 0 Å². The first-order chi connectivity index (χ1) is 9.54. The summed E-state index contributed by atoms with van der Waals surface area (Å²) in [6.45, 7) is 4.88. The van der Waals surface area contributed by atoms with Crippen LogP contribution in [0.25, 0.3) is 0 Å². The molecule has 0 saturated heterocycles. The van der Waals surface area contributed by atoms with Crippen molar-refractivity contribution in [2.75, 3.05) is 0 Å². The molecule has 0 saturated carbocycles. The van der Waals surface area contributed by atoms with Crippen LogP contribution in [0, 0.1) is 0 Å². The Kier molecular flexibility index (Phi) is 3.38. The molecule has 1 aliphatic carbocycles. The van der Waals surface area contributed by atoms with Gasteiger partial charge in [-0.1, -0.05) is 13.8 Å². The standard InChI is InChI=1S/C15H18N2O2S/c1-15(2)6-5-11-14(15)17-13(20-11)8-12(18)16-9-10-4-3-7-19-10/h3-4,7H,5-6,8-9H2,1-2H3,(H,16,18). The summed E-state index contributed by atoms with van der Waals surface area (Å²) in [4.78, 5) is 17.9. The third kappa shape index (κ3) is 2.63. The molecule has 5 heteroatoms. The summed E-state index contributed by atoms with van der Waals surface area (Å²) >= 11 is 1.68. The van der Waals surface area contributed by atoms with Crippen molar-refractivity contribution < 1.29 is 9.21 Å². The highest BCUT2D eigenvalue weighted by molar-refractivity contribution is 7.11. The molecule has 4 nitrogen and oxygen atoms in total. The summed E-state index contributed by atoms with van der Waals surface area (Å²) in [7, 11) is 0. The quantitative estimate of drug-likeness (QED) is 0.942. The molecule has 1 amide bonds. The monoisotopic (exact) mass is 290 g/mol. The van der Waals surface area contributed by atoms with Gasteiger partial charge in [-0.25, -0.2) is 4.98 Å². The minimum Gasteiger partial charge on any atom is -0.467 e. The second-order valence-electron chi connectivity index (χ2n) is 5.80. The first-order valence-electron chi connectivity index (χ1n) is 6.83. The van der Waals surface area contributed by atoms with Gasteiger partial charge in [0.05, 0.1) is 24.9 Å². The predicted octanol–water partition coefficient (Wildman–Crippen LogP) is 2.82. The summed E-state index contributed by atoms with van der Waals surface area (Å²) < 4.78 is 5.18. The minimum atomic E-state index is -0.00775. The van der Waals surface area contributed by atoms with Crippen molar-refractivity contribution in [3.05, 3.63) is 39.7 Å². The van der Waals surface area contributed by atoms with Crippen LogP contribution >= 0.6 is 11.3 Å². The number of rotatable bonds is 4. The Morgan fingerprint density at radius 3 is 3.10 bits per heavy atom. The lowest BCUT2D eigenvalue weighted by atomic mass is 9.91. The van der Waals surface area contributed by atoms with Gasteiger partial charge < -0.3 is 9.73 Å². The average molecular weight is 290 g/mol. The largest absolute Gasteiger partial charge is 0.467 e. The van der Waals surface area contributed by atoms with Gasteiger partial charge in [-0.3, -0.25) is 4.79 Å². The number of aryl methyl sites for hydroxylation is 1. The molecule has 20 heavy (non-hydrogen) atoms. The van der Waals surface area contributed by atoms with Gasteiger partial charge in [0.15, 0.2) is 0 Å². The smallest absolute Gasteiger partial charge is 0.227 e. The maximum absolute atomic E-state index is 11.9. The van der Waals surface area contributed by atoms with Crippen molar-refractivity contribution in [1.29, 1.82) is 0 Å². The molecule has 2 aromatic rings. The van der Waals surface area contributed by atoms with Gasteiger partial charge in [0.1, 0.15) is 10.8 Å². The Morgan fingerprint density at radius 1 is 1.55 bits per heavy atom. The highest BCUT2D eigenvalue weighted by atomic mass is 32.1. The van der Waals surface area contributed by atoms with Gasteiger partial charge in [-0.2, -0.15) is 0 Å². The zero-order valence-corrected chi connectivity index (χ0v) is 12.5. The zero-order valence-electron chi connectivity index (χ0n) is 11.7. The lowest BCUT2D eigenvalue weighted by Gasteiger charge is -2.15. The molecule has 2 aromatic heterocycles. The number of nitrogens with one attached hydrogen (secondary N) is 1. The topological polar surface area (TPSA) is 55.1 Å². The van der Waals surface area contributed by atoms with Crippen LogP contribution in [0.3, 0.4) is 0 Å². The number of hydrogen-bond acceptors (Lipinski definition) is 4. The van der Waals surface area contributed by atoms with Crippen LogP contribution in [0.2, 0.25) is 0 Å². The molecule has 0 aromatic carbocycles. The maximum Gasteiger partial charge on any atom is 0.227 e. The molecule has 0 fully saturated rings. The van der Waals surface area contributed by atoms with E-state index < -0.39 is 0 Å². The van der Waals surface area contributed by atoms with Crippen molar-refractivity contribution >= 4 is 17.2 Å². The van der Waals surface area contributed by atoms with Crippen LogP contribution in [0.1, 0.15) is 41.6 Å². The Morgan fingerprint density at radius 2 is 2.40 bits per heavy atom. The Hall–Kier alpha value is -1.62. The van der Waals surface area contributed by atoms with Gasteiger partial charge in [0.2, 0.25) is 5.91 Å². The van der Waals surface area contributed by atoms with E-state index in [-0.39, 0.29) is 11.3 Å². The van der Waals surface area contributed by atoms with Crippen LogP contribution in [0.15, 0.2) is 22.8 Å². The van der Waals surface area contributed by atoms with Crippen LogP contribution in [-0.4, -0.2) is 10.9 Å². The fraction of sp³-hybridized carbons (Fsp3) is 0.467. The number of furan rings is 1. The van der Waals surface area contributed by atoms with E-state index in [0.29, 0.717) is 13.0 Å². The second-order valence-corrected chi connectivity index (χ2v) is 6.96. The van der Waals surface area contributed by atoms with E-state index in [0.717, 1.165) is 23.6 Å². The first kappa shape index (κ1) is 13.4. The van der Waals surface area contributed by atoms with E-state index in [4.69, 9.17) is 4.42 Å². The number of aromatic nitrogens is 1. The molecule has 0 atom stereocenters. The number of thiazole rings is 1. The molecule has 2 heterocycles. The molecule has 0 bridgehead atoms. The fourth-order valence-corrected chi connectivity index (χ4v) is 3.76. The molecule has 1 N–H and O–H groups in total. The van der Waals surface area contributed by atoms with Crippen molar-refractivity contribution in [2.24, 2.45) is 0 Å². The van der Waals surface area contributed by atoms with E-state index in [9.17, 15) is 4.79 Å². The number of nitrogens with zero attached hydrogens (tertiary/aromatic N) is 1. The lowest BCUT2D eigenvalue weighted by molar-refractivity contribution is -0.120. The summed E-state index contributed by atoms with van der Waals surface area (Å²) in [6.07, 6.45) is 4.21. The third-order valence-corrected chi connectivity index (χ3v) is 4.83. The highest BCUT2D eigenvalue weighted by Gasteiger charge is 2.33. The van der Waals surface area contributed by atoms with E-state index in [1.807, 2.05) is 12.1 Å². The molecule has 0 aliphatic heterocycles. The summed E-state index contributed by atoms with van der Waals surface area (Å²) in [5.74, 6) is 0.757. The van der Waals surface area contributed by atoms with Crippen molar-refractivity contribution in [1.82, 2.24) is 10.3 Å². The van der Waals surface area contributed by atoms with Gasteiger partial charge in [0, 0.05) is 10.3 Å². The molecular weight excluding hydrogens is 272 g/mol. The molecule has 0 unspecified atom stereocenters. The fourth-order valence-electron chi connectivity index (χ4n) is 2.52. The number of amides is 1. The van der Waals surface area contributed by atoms with E-state index in [2.05, 4.69) is 24.1 Å². The Balaban J connectivity index is 1.60. The van der Waals surface area contributed by atoms with Crippen molar-refractivity contribution in [3.63, 3.8) is 0 Å². The van der Waals surface area contributed by atoms with Gasteiger partial charge in [-0.15, -0.1) is 11.3 Å². The van der Waals surface area contributed by atoms with Crippen molar-refractivity contribution in [2.45, 2.75) is 45.1 Å². The molecule has 106 valence electrons. The molecular formula is C15H18N2O2S. The van der Waals surface area contributed by atoms with Gasteiger partial charge in [-0.05, 0) is 25.0 Å². The Labute approximate surface area is 122 Å². The van der Waals surface area contributed by atoms with E-state index in [1.165, 1.54) is 10.6 Å². The number of carbonyl (C=O) groups excluding carboxylic acids is 1.